The molecule has 0 fully saturated rings. The van der Waals surface area contributed by atoms with Crippen LogP contribution in [-0.4, -0.2) is 36.4 Å². The minimum atomic E-state index is -0.886. The molecule has 0 aliphatic heterocycles. The maximum atomic E-state index is 11.1. The molecule has 15 heavy (non-hydrogen) atoms. The average molecular weight is 218 g/mol. The van der Waals surface area contributed by atoms with E-state index >= 15 is 0 Å². The van der Waals surface area contributed by atoms with Gasteiger partial charge in [-0.1, -0.05) is 0 Å². The van der Waals surface area contributed by atoms with Crippen molar-refractivity contribution in [3.05, 3.63) is 0 Å². The van der Waals surface area contributed by atoms with E-state index in [1.165, 1.54) is 0 Å². The standard InChI is InChI=1S/C10H18O5/c1-3-14-8(5-6-9(11)12)7-10(13)15-4-2/h8H,3-7H2,1-2H3,(H,11,12). The Morgan fingerprint density at radius 2 is 1.93 bits per heavy atom. The van der Waals surface area contributed by atoms with E-state index < -0.39 is 5.97 Å². The molecule has 0 aliphatic rings. The summed E-state index contributed by atoms with van der Waals surface area (Å²) in [5.74, 6) is -1.23. The highest BCUT2D eigenvalue weighted by Crippen LogP contribution is 2.08. The Hall–Kier alpha value is -1.10. The topological polar surface area (TPSA) is 72.8 Å². The second-order valence-electron chi connectivity index (χ2n) is 3.02. The van der Waals surface area contributed by atoms with Crippen LogP contribution in [0.25, 0.3) is 0 Å². The first kappa shape index (κ1) is 13.9. The first-order valence-electron chi connectivity index (χ1n) is 5.09. The van der Waals surface area contributed by atoms with Crippen molar-refractivity contribution < 1.29 is 24.2 Å². The first-order valence-corrected chi connectivity index (χ1v) is 5.09. The maximum Gasteiger partial charge on any atom is 0.308 e. The zero-order chi connectivity index (χ0) is 11.7. The molecule has 5 nitrogen and oxygen atoms in total. The third-order valence-corrected chi connectivity index (χ3v) is 1.78. The summed E-state index contributed by atoms with van der Waals surface area (Å²) in [6.07, 6.45) is 0.103. The van der Waals surface area contributed by atoms with E-state index in [0.717, 1.165) is 0 Å². The predicted octanol–water partition coefficient (Wildman–Crippen LogP) is 1.21. The molecule has 5 heteroatoms. The molecule has 0 saturated carbocycles. The Morgan fingerprint density at radius 3 is 2.40 bits per heavy atom. The van der Waals surface area contributed by atoms with E-state index in [-0.39, 0.29) is 24.9 Å². The van der Waals surface area contributed by atoms with Gasteiger partial charge in [0.05, 0.1) is 19.1 Å². The summed E-state index contributed by atoms with van der Waals surface area (Å²) < 4.78 is 10.0. The number of aliphatic carboxylic acids is 1. The molecule has 0 saturated heterocycles. The molecular formula is C10H18O5. The minimum absolute atomic E-state index is 0.00404. The van der Waals surface area contributed by atoms with Gasteiger partial charge in [-0.05, 0) is 20.3 Å². The van der Waals surface area contributed by atoms with E-state index in [1.54, 1.807) is 13.8 Å². The highest BCUT2D eigenvalue weighted by molar-refractivity contribution is 5.70. The average Bonchev–Trinajstić information content (AvgIpc) is 2.15. The van der Waals surface area contributed by atoms with Crippen LogP contribution in [0, 0.1) is 0 Å². The van der Waals surface area contributed by atoms with E-state index in [1.807, 2.05) is 0 Å². The van der Waals surface area contributed by atoms with Gasteiger partial charge in [0.1, 0.15) is 0 Å². The minimum Gasteiger partial charge on any atom is -0.481 e. The molecule has 0 amide bonds. The largest absolute Gasteiger partial charge is 0.481 e. The number of rotatable bonds is 8. The Kier molecular flexibility index (Phi) is 7.62. The number of carboxylic acid groups (broad SMARTS) is 1. The summed E-state index contributed by atoms with van der Waals surface area (Å²) in [6.45, 7) is 4.32. The number of carboxylic acids is 1. The Labute approximate surface area is 89.4 Å². The number of hydrogen-bond acceptors (Lipinski definition) is 4. The van der Waals surface area contributed by atoms with Crippen molar-refractivity contribution in [1.82, 2.24) is 0 Å². The van der Waals surface area contributed by atoms with E-state index in [9.17, 15) is 9.59 Å². The van der Waals surface area contributed by atoms with Gasteiger partial charge in [-0.2, -0.15) is 0 Å². The Morgan fingerprint density at radius 1 is 1.27 bits per heavy atom. The van der Waals surface area contributed by atoms with Crippen LogP contribution in [0.3, 0.4) is 0 Å². The molecule has 0 bridgehead atoms. The van der Waals surface area contributed by atoms with Gasteiger partial charge in [0.25, 0.3) is 0 Å². The molecule has 0 aromatic heterocycles. The summed E-state index contributed by atoms with van der Waals surface area (Å²) in [5, 5.41) is 8.50. The SMILES string of the molecule is CCOC(=O)CC(CCC(=O)O)OCC. The third-order valence-electron chi connectivity index (χ3n) is 1.78. The van der Waals surface area contributed by atoms with Gasteiger partial charge in [-0.25, -0.2) is 0 Å². The van der Waals surface area contributed by atoms with Crippen LogP contribution in [-0.2, 0) is 19.1 Å². The molecule has 1 unspecified atom stereocenters. The third kappa shape index (κ3) is 7.93. The predicted molar refractivity (Wildman–Crippen MR) is 53.5 cm³/mol. The zero-order valence-electron chi connectivity index (χ0n) is 9.19. The Bertz CT molecular complexity index is 202. The zero-order valence-corrected chi connectivity index (χ0v) is 9.19. The number of carbonyl (C=O) groups is 2. The fourth-order valence-corrected chi connectivity index (χ4v) is 1.17. The van der Waals surface area contributed by atoms with Crippen molar-refractivity contribution in [2.75, 3.05) is 13.2 Å². The molecular weight excluding hydrogens is 200 g/mol. The van der Waals surface area contributed by atoms with Crippen molar-refractivity contribution in [3.63, 3.8) is 0 Å². The highest BCUT2D eigenvalue weighted by atomic mass is 16.5. The summed E-state index contributed by atoms with van der Waals surface area (Å²) in [5.41, 5.74) is 0. The van der Waals surface area contributed by atoms with Crippen LogP contribution < -0.4 is 0 Å². The number of carbonyl (C=O) groups excluding carboxylic acids is 1. The van der Waals surface area contributed by atoms with Crippen molar-refractivity contribution in [2.24, 2.45) is 0 Å². The number of ether oxygens (including phenoxy) is 2. The van der Waals surface area contributed by atoms with E-state index in [0.29, 0.717) is 19.6 Å². The number of esters is 1. The molecule has 1 N–H and O–H groups in total. The second-order valence-corrected chi connectivity index (χ2v) is 3.02. The van der Waals surface area contributed by atoms with Gasteiger partial charge in [0.2, 0.25) is 0 Å². The lowest BCUT2D eigenvalue weighted by Gasteiger charge is -2.14. The van der Waals surface area contributed by atoms with Crippen LogP contribution >= 0.6 is 0 Å². The molecule has 0 spiro atoms. The van der Waals surface area contributed by atoms with Gasteiger partial charge in [0.15, 0.2) is 0 Å². The molecule has 0 heterocycles. The molecule has 88 valence electrons. The van der Waals surface area contributed by atoms with Crippen LogP contribution in [0.2, 0.25) is 0 Å². The first-order chi connectivity index (χ1) is 7.10. The Balaban J connectivity index is 3.91. The molecule has 0 aromatic carbocycles. The molecule has 1 atom stereocenters. The van der Waals surface area contributed by atoms with Crippen molar-refractivity contribution >= 4 is 11.9 Å². The molecule has 0 rings (SSSR count). The summed E-state index contributed by atoms with van der Waals surface area (Å²) in [6, 6.07) is 0. The van der Waals surface area contributed by atoms with E-state index in [4.69, 9.17) is 14.6 Å². The fraction of sp³-hybridized carbons (Fsp3) is 0.800. The van der Waals surface area contributed by atoms with Crippen LogP contribution in [0.15, 0.2) is 0 Å². The van der Waals surface area contributed by atoms with Gasteiger partial charge < -0.3 is 14.6 Å². The van der Waals surface area contributed by atoms with Crippen LogP contribution in [0.4, 0.5) is 0 Å². The summed E-state index contributed by atoms with van der Waals surface area (Å²) >= 11 is 0. The quantitative estimate of drug-likeness (QED) is 0.620. The molecule has 0 aliphatic carbocycles. The van der Waals surface area contributed by atoms with Crippen molar-refractivity contribution in [3.8, 4) is 0 Å². The van der Waals surface area contributed by atoms with E-state index in [2.05, 4.69) is 0 Å². The maximum absolute atomic E-state index is 11.1. The highest BCUT2D eigenvalue weighted by Gasteiger charge is 2.15. The van der Waals surface area contributed by atoms with Crippen LogP contribution in [0.5, 0.6) is 0 Å². The molecule has 0 radical (unpaired) electrons. The normalized spacial score (nSPS) is 12.1. The van der Waals surface area contributed by atoms with Gasteiger partial charge >= 0.3 is 11.9 Å². The number of hydrogen-bond donors (Lipinski definition) is 1. The lowest BCUT2D eigenvalue weighted by atomic mass is 10.1. The van der Waals surface area contributed by atoms with Crippen molar-refractivity contribution in [1.29, 1.82) is 0 Å². The van der Waals surface area contributed by atoms with Gasteiger partial charge in [-0.3, -0.25) is 9.59 Å². The van der Waals surface area contributed by atoms with Gasteiger partial charge in [0, 0.05) is 13.0 Å². The smallest absolute Gasteiger partial charge is 0.308 e. The molecule has 0 aromatic rings. The lowest BCUT2D eigenvalue weighted by molar-refractivity contribution is -0.147. The monoisotopic (exact) mass is 218 g/mol. The second kappa shape index (κ2) is 8.23. The van der Waals surface area contributed by atoms with Crippen LogP contribution in [0.1, 0.15) is 33.1 Å². The summed E-state index contributed by atoms with van der Waals surface area (Å²) in [7, 11) is 0. The van der Waals surface area contributed by atoms with Crippen molar-refractivity contribution in [2.45, 2.75) is 39.2 Å². The summed E-state index contributed by atoms with van der Waals surface area (Å²) in [4.78, 5) is 21.5. The van der Waals surface area contributed by atoms with Gasteiger partial charge in [-0.15, -0.1) is 0 Å². The lowest BCUT2D eigenvalue weighted by Crippen LogP contribution is -2.20. The fourth-order valence-electron chi connectivity index (χ4n) is 1.17.